The van der Waals surface area contributed by atoms with Crippen LogP contribution in [0.5, 0.6) is 0 Å². The van der Waals surface area contributed by atoms with Gasteiger partial charge in [0.2, 0.25) is 11.8 Å². The highest BCUT2D eigenvalue weighted by Gasteiger charge is 2.39. The summed E-state index contributed by atoms with van der Waals surface area (Å²) in [6, 6.07) is 7.18. The molecule has 0 unspecified atom stereocenters. The van der Waals surface area contributed by atoms with Crippen LogP contribution in [0.1, 0.15) is 51.4 Å². The normalized spacial score (nSPS) is 17.3. The van der Waals surface area contributed by atoms with Crippen molar-refractivity contribution in [2.24, 2.45) is 10.2 Å². The number of amides is 2. The fraction of sp³-hybridized carbons (Fsp3) is 0.545. The zero-order chi connectivity index (χ0) is 20.5. The molecule has 1 aromatic rings. The Morgan fingerprint density at radius 1 is 0.966 bits per heavy atom. The molecule has 3 rings (SSSR count). The van der Waals surface area contributed by atoms with E-state index in [2.05, 4.69) is 31.7 Å². The molecule has 0 aliphatic carbocycles. The maximum atomic E-state index is 12.1. The van der Waals surface area contributed by atoms with Crippen molar-refractivity contribution in [2.45, 2.75) is 57.0 Å². The predicted molar refractivity (Wildman–Crippen MR) is 113 cm³/mol. The highest BCUT2D eigenvalue weighted by molar-refractivity contribution is 5.93. The van der Waals surface area contributed by atoms with Gasteiger partial charge in [-0.3, -0.25) is 9.59 Å². The van der Waals surface area contributed by atoms with Gasteiger partial charge in [-0.15, -0.1) is 12.3 Å². The monoisotopic (exact) mass is 395 g/mol. The third-order valence-electron chi connectivity index (χ3n) is 5.36. The van der Waals surface area contributed by atoms with E-state index in [1.165, 1.54) is 19.3 Å². The Morgan fingerprint density at radius 3 is 2.10 bits per heavy atom. The van der Waals surface area contributed by atoms with Gasteiger partial charge in [0.15, 0.2) is 5.66 Å². The van der Waals surface area contributed by atoms with Crippen LogP contribution in [-0.2, 0) is 9.59 Å². The summed E-state index contributed by atoms with van der Waals surface area (Å²) in [7, 11) is 0. The van der Waals surface area contributed by atoms with E-state index >= 15 is 0 Å². The highest BCUT2D eigenvalue weighted by atomic mass is 16.2. The first-order chi connectivity index (χ1) is 14.1. The SMILES string of the molecule is C#CCCC1(CCC(=O)Nc2ccc(NC(=O)CCN3CCCCC3)cc2)N=N1. The molecule has 2 heterocycles. The molecule has 0 spiro atoms. The van der Waals surface area contributed by atoms with E-state index in [1.54, 1.807) is 24.3 Å². The Bertz CT molecular complexity index is 769. The van der Waals surface area contributed by atoms with Crippen molar-refractivity contribution in [3.63, 3.8) is 0 Å². The van der Waals surface area contributed by atoms with E-state index in [0.29, 0.717) is 37.8 Å². The third-order valence-corrected chi connectivity index (χ3v) is 5.36. The second-order valence-corrected chi connectivity index (χ2v) is 7.71. The summed E-state index contributed by atoms with van der Waals surface area (Å²) in [4.78, 5) is 26.6. The van der Waals surface area contributed by atoms with Crippen LogP contribution >= 0.6 is 0 Å². The maximum Gasteiger partial charge on any atom is 0.225 e. The first-order valence-electron chi connectivity index (χ1n) is 10.4. The lowest BCUT2D eigenvalue weighted by Crippen LogP contribution is -2.32. The second-order valence-electron chi connectivity index (χ2n) is 7.71. The first kappa shape index (κ1) is 21.0. The maximum absolute atomic E-state index is 12.1. The molecule has 29 heavy (non-hydrogen) atoms. The van der Waals surface area contributed by atoms with Crippen molar-refractivity contribution in [3.8, 4) is 12.3 Å². The molecule has 7 nitrogen and oxygen atoms in total. The summed E-state index contributed by atoms with van der Waals surface area (Å²) in [5, 5.41) is 13.9. The van der Waals surface area contributed by atoms with Crippen molar-refractivity contribution in [1.29, 1.82) is 0 Å². The van der Waals surface area contributed by atoms with E-state index in [4.69, 9.17) is 6.42 Å². The lowest BCUT2D eigenvalue weighted by Gasteiger charge is -2.25. The van der Waals surface area contributed by atoms with Gasteiger partial charge >= 0.3 is 0 Å². The Balaban J connectivity index is 1.36. The van der Waals surface area contributed by atoms with Gasteiger partial charge in [0.25, 0.3) is 0 Å². The molecule has 154 valence electrons. The predicted octanol–water partition coefficient (Wildman–Crippen LogP) is 3.80. The molecule has 0 atom stereocenters. The Kier molecular flexibility index (Phi) is 7.36. The molecule has 2 aliphatic heterocycles. The number of terminal acetylenes is 1. The molecule has 1 saturated heterocycles. The van der Waals surface area contributed by atoms with Gasteiger partial charge in [0.1, 0.15) is 0 Å². The van der Waals surface area contributed by atoms with Crippen LogP contribution in [0.3, 0.4) is 0 Å². The van der Waals surface area contributed by atoms with Crippen molar-refractivity contribution in [2.75, 3.05) is 30.3 Å². The van der Waals surface area contributed by atoms with E-state index in [9.17, 15) is 9.59 Å². The van der Waals surface area contributed by atoms with Gasteiger partial charge in [-0.1, -0.05) is 6.42 Å². The number of hydrogen-bond donors (Lipinski definition) is 2. The summed E-state index contributed by atoms with van der Waals surface area (Å²) < 4.78 is 0. The molecule has 1 aromatic carbocycles. The fourth-order valence-electron chi connectivity index (χ4n) is 3.51. The van der Waals surface area contributed by atoms with Gasteiger partial charge in [-0.25, -0.2) is 0 Å². The summed E-state index contributed by atoms with van der Waals surface area (Å²) in [5.41, 5.74) is 0.991. The smallest absolute Gasteiger partial charge is 0.225 e. The number of hydrogen-bond acceptors (Lipinski definition) is 5. The zero-order valence-corrected chi connectivity index (χ0v) is 16.8. The van der Waals surface area contributed by atoms with Crippen LogP contribution in [0, 0.1) is 12.3 Å². The minimum atomic E-state index is -0.438. The molecular weight excluding hydrogens is 366 g/mol. The number of carbonyl (C=O) groups is 2. The minimum absolute atomic E-state index is 0.0153. The molecular formula is C22H29N5O2. The van der Waals surface area contributed by atoms with E-state index in [1.807, 2.05) is 0 Å². The first-order valence-corrected chi connectivity index (χ1v) is 10.4. The Morgan fingerprint density at radius 2 is 1.55 bits per heavy atom. The molecule has 0 aromatic heterocycles. The number of nitrogens with zero attached hydrogens (tertiary/aromatic N) is 3. The molecule has 0 radical (unpaired) electrons. The van der Waals surface area contributed by atoms with Gasteiger partial charge in [0.05, 0.1) is 0 Å². The van der Waals surface area contributed by atoms with Gasteiger partial charge < -0.3 is 15.5 Å². The number of anilines is 2. The third kappa shape index (κ3) is 6.99. The van der Waals surface area contributed by atoms with Gasteiger partial charge in [-0.05, 0) is 50.2 Å². The number of carbonyl (C=O) groups excluding carboxylic acids is 2. The van der Waals surface area contributed by atoms with Gasteiger partial charge in [-0.2, -0.15) is 10.2 Å². The minimum Gasteiger partial charge on any atom is -0.326 e. The molecule has 2 aliphatic rings. The average molecular weight is 396 g/mol. The Labute approximate surface area is 172 Å². The number of nitrogens with one attached hydrogen (secondary N) is 2. The standard InChI is InChI=1S/C22H29N5O2/c1-2-3-13-22(25-26-22)14-11-20(28)23-18-7-9-19(10-8-18)24-21(29)12-17-27-15-5-4-6-16-27/h1,7-10H,3-6,11-17H2,(H,23,28)(H,24,29). The van der Waals surface area contributed by atoms with Crippen molar-refractivity contribution in [1.82, 2.24) is 4.90 Å². The van der Waals surface area contributed by atoms with Crippen LogP contribution in [0.2, 0.25) is 0 Å². The Hall–Kier alpha value is -2.72. The van der Waals surface area contributed by atoms with E-state index < -0.39 is 5.66 Å². The van der Waals surface area contributed by atoms with Crippen LogP contribution < -0.4 is 10.6 Å². The van der Waals surface area contributed by atoms with Gasteiger partial charge in [0, 0.05) is 50.0 Å². The summed E-state index contributed by atoms with van der Waals surface area (Å²) in [6.45, 7) is 2.99. The lowest BCUT2D eigenvalue weighted by atomic mass is 10.0. The fourth-order valence-corrected chi connectivity index (χ4v) is 3.51. The lowest BCUT2D eigenvalue weighted by molar-refractivity contribution is -0.117. The number of likely N-dealkylation sites (tertiary alicyclic amines) is 1. The molecule has 7 heteroatoms. The molecule has 0 saturated carbocycles. The van der Waals surface area contributed by atoms with E-state index in [-0.39, 0.29) is 11.8 Å². The quantitative estimate of drug-likeness (QED) is 0.591. The summed E-state index contributed by atoms with van der Waals surface area (Å²) in [6.07, 6.45) is 11.7. The zero-order valence-electron chi connectivity index (χ0n) is 16.8. The molecule has 2 amide bonds. The number of rotatable bonds is 10. The van der Waals surface area contributed by atoms with Crippen LogP contribution in [0.25, 0.3) is 0 Å². The van der Waals surface area contributed by atoms with Crippen molar-refractivity contribution >= 4 is 23.2 Å². The van der Waals surface area contributed by atoms with Crippen LogP contribution in [-0.4, -0.2) is 42.0 Å². The van der Waals surface area contributed by atoms with Crippen molar-refractivity contribution in [3.05, 3.63) is 24.3 Å². The molecule has 2 N–H and O–H groups in total. The van der Waals surface area contributed by atoms with Crippen LogP contribution in [0.4, 0.5) is 11.4 Å². The average Bonchev–Trinajstić information content (AvgIpc) is 3.52. The molecule has 0 bridgehead atoms. The largest absolute Gasteiger partial charge is 0.326 e. The van der Waals surface area contributed by atoms with E-state index in [0.717, 1.165) is 25.3 Å². The summed E-state index contributed by atoms with van der Waals surface area (Å²) >= 11 is 0. The van der Waals surface area contributed by atoms with Crippen molar-refractivity contribution < 1.29 is 9.59 Å². The highest BCUT2D eigenvalue weighted by Crippen LogP contribution is 2.37. The molecule has 1 fully saturated rings. The number of benzene rings is 1. The number of piperidine rings is 1. The van der Waals surface area contributed by atoms with Crippen LogP contribution in [0.15, 0.2) is 34.5 Å². The summed E-state index contributed by atoms with van der Waals surface area (Å²) in [5.74, 6) is 2.51. The topological polar surface area (TPSA) is 86.2 Å². The second kappa shape index (κ2) is 10.2.